The third-order valence-corrected chi connectivity index (χ3v) is 5.00. The molecule has 0 radical (unpaired) electrons. The number of amides is 3. The first-order chi connectivity index (χ1) is 12.9. The Kier molecular flexibility index (Phi) is 5.70. The maximum Gasteiger partial charge on any atom is 0.243 e. The highest BCUT2D eigenvalue weighted by atomic mass is 32.2. The molecule has 3 amide bonds. The molecule has 6 nitrogen and oxygen atoms in total. The van der Waals surface area contributed by atoms with Crippen LogP contribution in [0, 0.1) is 11.6 Å². The number of halogens is 2. The highest BCUT2D eigenvalue weighted by Crippen LogP contribution is 2.36. The third-order valence-electron chi connectivity index (χ3n) is 3.73. The minimum Gasteiger partial charge on any atom is -0.347 e. The molecular weight excluding hydrogens is 376 g/mol. The molecule has 9 heteroatoms. The van der Waals surface area contributed by atoms with Gasteiger partial charge in [0.15, 0.2) is 11.6 Å². The molecule has 0 aliphatic carbocycles. The van der Waals surface area contributed by atoms with E-state index < -0.39 is 28.7 Å². The zero-order valence-corrected chi connectivity index (χ0v) is 14.7. The SMILES string of the molecule is O=C(C[C@@H]1Sc2ccccc2NC1=O)NCC(=O)Nc1ccc(F)c(F)c1. The molecule has 1 aliphatic heterocycles. The van der Waals surface area contributed by atoms with Crippen LogP contribution in [0.15, 0.2) is 47.4 Å². The van der Waals surface area contributed by atoms with Gasteiger partial charge in [-0.1, -0.05) is 12.1 Å². The smallest absolute Gasteiger partial charge is 0.243 e. The highest BCUT2D eigenvalue weighted by Gasteiger charge is 2.28. The number of anilines is 2. The summed E-state index contributed by atoms with van der Waals surface area (Å²) in [4.78, 5) is 36.8. The Labute approximate surface area is 157 Å². The lowest BCUT2D eigenvalue weighted by Crippen LogP contribution is -2.37. The summed E-state index contributed by atoms with van der Waals surface area (Å²) in [7, 11) is 0. The van der Waals surface area contributed by atoms with E-state index >= 15 is 0 Å². The van der Waals surface area contributed by atoms with Crippen molar-refractivity contribution in [2.24, 2.45) is 0 Å². The van der Waals surface area contributed by atoms with Crippen molar-refractivity contribution < 1.29 is 23.2 Å². The molecular formula is C18H15F2N3O3S. The first-order valence-electron chi connectivity index (χ1n) is 8.00. The molecule has 1 heterocycles. The van der Waals surface area contributed by atoms with Crippen molar-refractivity contribution in [3.05, 3.63) is 54.1 Å². The molecule has 1 aliphatic rings. The number of nitrogens with one attached hydrogen (secondary N) is 3. The number of fused-ring (bicyclic) bond motifs is 1. The molecule has 0 saturated heterocycles. The van der Waals surface area contributed by atoms with Gasteiger partial charge in [0.25, 0.3) is 0 Å². The van der Waals surface area contributed by atoms with Crippen LogP contribution in [0.4, 0.5) is 20.2 Å². The van der Waals surface area contributed by atoms with Crippen LogP contribution in [0.2, 0.25) is 0 Å². The van der Waals surface area contributed by atoms with Crippen LogP contribution in [0.1, 0.15) is 6.42 Å². The fourth-order valence-electron chi connectivity index (χ4n) is 2.43. The van der Waals surface area contributed by atoms with Crippen molar-refractivity contribution in [1.82, 2.24) is 5.32 Å². The van der Waals surface area contributed by atoms with E-state index in [-0.39, 0.29) is 24.6 Å². The topological polar surface area (TPSA) is 87.3 Å². The summed E-state index contributed by atoms with van der Waals surface area (Å²) < 4.78 is 26.0. The minimum atomic E-state index is -1.09. The molecule has 0 fully saturated rings. The Bertz CT molecular complexity index is 907. The molecule has 2 aromatic rings. The maximum atomic E-state index is 13.1. The average Bonchev–Trinajstić information content (AvgIpc) is 2.64. The normalized spacial score (nSPS) is 15.5. The summed E-state index contributed by atoms with van der Waals surface area (Å²) in [5.74, 6) is -3.45. The quantitative estimate of drug-likeness (QED) is 0.731. The van der Waals surface area contributed by atoms with E-state index in [1.807, 2.05) is 12.1 Å². The van der Waals surface area contributed by atoms with Gasteiger partial charge < -0.3 is 16.0 Å². The van der Waals surface area contributed by atoms with Gasteiger partial charge in [-0.2, -0.15) is 0 Å². The number of hydrogen-bond acceptors (Lipinski definition) is 4. The van der Waals surface area contributed by atoms with Gasteiger partial charge in [-0.3, -0.25) is 14.4 Å². The average molecular weight is 391 g/mol. The van der Waals surface area contributed by atoms with Crippen molar-refractivity contribution in [2.75, 3.05) is 17.2 Å². The second kappa shape index (κ2) is 8.17. The van der Waals surface area contributed by atoms with Gasteiger partial charge in [-0.05, 0) is 24.3 Å². The lowest BCUT2D eigenvalue weighted by atomic mass is 10.2. The largest absolute Gasteiger partial charge is 0.347 e. The van der Waals surface area contributed by atoms with Gasteiger partial charge in [-0.15, -0.1) is 11.8 Å². The standard InChI is InChI=1S/C18H15F2N3O3S/c19-11-6-5-10(7-12(11)20)22-17(25)9-21-16(24)8-15-18(26)23-13-3-1-2-4-14(13)27-15/h1-7,15H,8-9H2,(H,21,24)(H,22,25)(H,23,26)/t15-/m0/s1. The zero-order valence-electron chi connectivity index (χ0n) is 13.9. The number of benzene rings is 2. The molecule has 27 heavy (non-hydrogen) atoms. The molecule has 0 spiro atoms. The summed E-state index contributed by atoms with van der Waals surface area (Å²) in [6, 6.07) is 10.2. The van der Waals surface area contributed by atoms with Crippen LogP contribution in [0.3, 0.4) is 0 Å². The third kappa shape index (κ3) is 4.82. The van der Waals surface area contributed by atoms with E-state index in [2.05, 4.69) is 16.0 Å². The van der Waals surface area contributed by atoms with Gasteiger partial charge in [0, 0.05) is 23.1 Å². The van der Waals surface area contributed by atoms with Crippen LogP contribution in [0.5, 0.6) is 0 Å². The van der Waals surface area contributed by atoms with Gasteiger partial charge >= 0.3 is 0 Å². The van der Waals surface area contributed by atoms with E-state index in [0.717, 1.165) is 17.0 Å². The van der Waals surface area contributed by atoms with E-state index in [1.54, 1.807) is 12.1 Å². The van der Waals surface area contributed by atoms with Crippen molar-refractivity contribution in [2.45, 2.75) is 16.6 Å². The summed E-state index contributed by atoms with van der Waals surface area (Å²) in [6.45, 7) is -0.354. The highest BCUT2D eigenvalue weighted by molar-refractivity contribution is 8.01. The van der Waals surface area contributed by atoms with Crippen LogP contribution in [-0.4, -0.2) is 29.5 Å². The van der Waals surface area contributed by atoms with E-state index in [0.29, 0.717) is 5.69 Å². The first kappa shape index (κ1) is 18.8. The lowest BCUT2D eigenvalue weighted by Gasteiger charge is -2.23. The summed E-state index contributed by atoms with van der Waals surface area (Å²) in [6.07, 6.45) is -0.0940. The van der Waals surface area contributed by atoms with Crippen LogP contribution in [0.25, 0.3) is 0 Å². The monoisotopic (exact) mass is 391 g/mol. The number of rotatable bonds is 5. The van der Waals surface area contributed by atoms with E-state index in [4.69, 9.17) is 0 Å². The number of thioether (sulfide) groups is 1. The molecule has 0 unspecified atom stereocenters. The van der Waals surface area contributed by atoms with Crippen molar-refractivity contribution in [3.63, 3.8) is 0 Å². The van der Waals surface area contributed by atoms with Crippen LogP contribution < -0.4 is 16.0 Å². The second-order valence-corrected chi connectivity index (χ2v) is 6.99. The second-order valence-electron chi connectivity index (χ2n) is 5.75. The molecule has 3 N–H and O–H groups in total. The molecule has 0 aromatic heterocycles. The Morgan fingerprint density at radius 3 is 2.63 bits per heavy atom. The Hall–Kier alpha value is -2.94. The number of para-hydroxylation sites is 1. The van der Waals surface area contributed by atoms with Gasteiger partial charge in [0.05, 0.1) is 17.5 Å². The number of carbonyl (C=O) groups is 3. The van der Waals surface area contributed by atoms with Crippen molar-refractivity contribution in [1.29, 1.82) is 0 Å². The molecule has 0 bridgehead atoms. The zero-order chi connectivity index (χ0) is 19.4. The summed E-state index contributed by atoms with van der Waals surface area (Å²) in [5, 5.41) is 6.89. The Balaban J connectivity index is 1.49. The van der Waals surface area contributed by atoms with Crippen LogP contribution >= 0.6 is 11.8 Å². The number of hydrogen-bond donors (Lipinski definition) is 3. The fraction of sp³-hybridized carbons (Fsp3) is 0.167. The molecule has 0 saturated carbocycles. The minimum absolute atomic E-state index is 0.0759. The first-order valence-corrected chi connectivity index (χ1v) is 8.88. The predicted octanol–water partition coefficient (Wildman–Crippen LogP) is 2.52. The van der Waals surface area contributed by atoms with Gasteiger partial charge in [0.2, 0.25) is 17.7 Å². The molecule has 3 rings (SSSR count). The molecule has 1 atom stereocenters. The van der Waals surface area contributed by atoms with Gasteiger partial charge in [0.1, 0.15) is 0 Å². The lowest BCUT2D eigenvalue weighted by molar-refractivity contribution is -0.125. The van der Waals surface area contributed by atoms with Crippen molar-refractivity contribution in [3.8, 4) is 0 Å². The predicted molar refractivity (Wildman–Crippen MR) is 97.3 cm³/mol. The molecule has 2 aromatic carbocycles. The Morgan fingerprint density at radius 1 is 1.07 bits per heavy atom. The van der Waals surface area contributed by atoms with E-state index in [9.17, 15) is 23.2 Å². The Morgan fingerprint density at radius 2 is 1.85 bits per heavy atom. The summed E-state index contributed by atoms with van der Waals surface area (Å²) in [5.41, 5.74) is 0.780. The maximum absolute atomic E-state index is 13.1. The van der Waals surface area contributed by atoms with Crippen LogP contribution in [-0.2, 0) is 14.4 Å². The number of carbonyl (C=O) groups excluding carboxylic acids is 3. The summed E-state index contributed by atoms with van der Waals surface area (Å²) >= 11 is 1.28. The van der Waals surface area contributed by atoms with Gasteiger partial charge in [-0.25, -0.2) is 8.78 Å². The van der Waals surface area contributed by atoms with Crippen molar-refractivity contribution >= 4 is 40.9 Å². The molecule has 140 valence electrons. The van der Waals surface area contributed by atoms with E-state index in [1.165, 1.54) is 17.8 Å². The fourth-order valence-corrected chi connectivity index (χ4v) is 3.54.